The van der Waals surface area contributed by atoms with Crippen LogP contribution in [0, 0.1) is 11.7 Å². The van der Waals surface area contributed by atoms with Crippen LogP contribution < -0.4 is 5.32 Å². The molecular formula is C15H19F4NO2S. The second-order valence-corrected chi connectivity index (χ2v) is 6.59. The van der Waals surface area contributed by atoms with Gasteiger partial charge in [0.2, 0.25) is 0 Å². The summed E-state index contributed by atoms with van der Waals surface area (Å²) < 4.78 is 52.6. The zero-order chi connectivity index (χ0) is 17.6. The first-order valence-electron chi connectivity index (χ1n) is 7.00. The number of hydrogen-bond donors (Lipinski definition) is 2. The van der Waals surface area contributed by atoms with Gasteiger partial charge in [0.1, 0.15) is 17.9 Å². The highest BCUT2D eigenvalue weighted by Crippen LogP contribution is 2.33. The Kier molecular flexibility index (Phi) is 7.34. The fraction of sp³-hybridized carbons (Fsp3) is 0.533. The summed E-state index contributed by atoms with van der Waals surface area (Å²) in [6, 6.07) is 0.318. The number of alkyl halides is 3. The maximum atomic E-state index is 13.2. The molecule has 2 N–H and O–H groups in total. The fourth-order valence-electron chi connectivity index (χ4n) is 1.85. The fourth-order valence-corrected chi connectivity index (χ4v) is 2.93. The zero-order valence-corrected chi connectivity index (χ0v) is 13.5. The van der Waals surface area contributed by atoms with Gasteiger partial charge in [-0.25, -0.2) is 4.39 Å². The van der Waals surface area contributed by atoms with Crippen LogP contribution in [0.2, 0.25) is 0 Å². The van der Waals surface area contributed by atoms with E-state index in [1.807, 2.05) is 13.8 Å². The largest absolute Gasteiger partial charge is 0.480 e. The van der Waals surface area contributed by atoms with Gasteiger partial charge >= 0.3 is 12.1 Å². The molecule has 3 nitrogen and oxygen atoms in total. The molecule has 0 heterocycles. The van der Waals surface area contributed by atoms with Crippen molar-refractivity contribution in [1.29, 1.82) is 0 Å². The summed E-state index contributed by atoms with van der Waals surface area (Å²) in [5, 5.41) is 11.3. The Hall–Kier alpha value is -1.28. The topological polar surface area (TPSA) is 49.3 Å². The number of hydrogen-bond acceptors (Lipinski definition) is 3. The lowest BCUT2D eigenvalue weighted by atomic mass is 10.1. The SMILES string of the molecule is CC(C)CSCC(N[C@@H](c1ccc(F)cc1)C(F)(F)F)C(=O)O. The van der Waals surface area contributed by atoms with Crippen molar-refractivity contribution >= 4 is 17.7 Å². The average molecular weight is 353 g/mol. The van der Waals surface area contributed by atoms with E-state index in [-0.39, 0.29) is 11.3 Å². The molecule has 0 aliphatic carbocycles. The second kappa shape index (κ2) is 8.54. The number of benzene rings is 1. The first-order valence-corrected chi connectivity index (χ1v) is 8.15. The van der Waals surface area contributed by atoms with Crippen LogP contribution in [-0.4, -0.2) is 34.8 Å². The van der Waals surface area contributed by atoms with Crippen molar-refractivity contribution in [2.75, 3.05) is 11.5 Å². The van der Waals surface area contributed by atoms with Gasteiger partial charge in [0, 0.05) is 5.75 Å². The molecule has 1 aromatic carbocycles. The van der Waals surface area contributed by atoms with Crippen LogP contribution >= 0.6 is 11.8 Å². The standard InChI is InChI=1S/C15H19F4NO2S/c1-9(2)7-23-8-12(14(21)22)20-13(15(17,18)19)10-3-5-11(16)6-4-10/h3-6,9,12-13,20H,7-8H2,1-2H3,(H,21,22)/t12?,13-/m0/s1. The monoisotopic (exact) mass is 353 g/mol. The van der Waals surface area contributed by atoms with Crippen LogP contribution in [0.3, 0.4) is 0 Å². The van der Waals surface area contributed by atoms with Crippen molar-refractivity contribution in [3.63, 3.8) is 0 Å². The molecule has 0 radical (unpaired) electrons. The molecular weight excluding hydrogens is 334 g/mol. The summed E-state index contributed by atoms with van der Waals surface area (Å²) >= 11 is 1.28. The van der Waals surface area contributed by atoms with Gasteiger partial charge in [0.05, 0.1) is 0 Å². The normalized spacial score (nSPS) is 14.7. The Balaban J connectivity index is 2.89. The lowest BCUT2D eigenvalue weighted by molar-refractivity contribution is -0.162. The maximum absolute atomic E-state index is 13.2. The maximum Gasteiger partial charge on any atom is 0.407 e. The lowest BCUT2D eigenvalue weighted by Gasteiger charge is -2.26. The molecule has 0 aromatic heterocycles. The second-order valence-electron chi connectivity index (χ2n) is 5.51. The summed E-state index contributed by atoms with van der Waals surface area (Å²) in [6.45, 7) is 3.88. The third-order valence-corrected chi connectivity index (χ3v) is 4.40. The molecule has 1 unspecified atom stereocenters. The van der Waals surface area contributed by atoms with Crippen molar-refractivity contribution in [1.82, 2.24) is 5.32 Å². The predicted octanol–water partition coefficient (Wildman–Crippen LogP) is 3.86. The molecule has 0 bridgehead atoms. The molecule has 1 rings (SSSR count). The van der Waals surface area contributed by atoms with Crippen molar-refractivity contribution in [3.8, 4) is 0 Å². The van der Waals surface area contributed by atoms with E-state index in [1.165, 1.54) is 11.8 Å². The highest BCUT2D eigenvalue weighted by Gasteiger charge is 2.42. The molecule has 1 aromatic rings. The van der Waals surface area contributed by atoms with Crippen molar-refractivity contribution < 1.29 is 27.5 Å². The summed E-state index contributed by atoms with van der Waals surface area (Å²) in [5.74, 6) is -1.03. The first kappa shape index (κ1) is 19.8. The molecule has 0 saturated heterocycles. The average Bonchev–Trinajstić information content (AvgIpc) is 2.42. The molecule has 0 saturated carbocycles. The van der Waals surface area contributed by atoms with Crippen LogP contribution in [0.5, 0.6) is 0 Å². The van der Waals surface area contributed by atoms with Crippen LogP contribution in [0.15, 0.2) is 24.3 Å². The van der Waals surface area contributed by atoms with Crippen LogP contribution in [0.25, 0.3) is 0 Å². The molecule has 23 heavy (non-hydrogen) atoms. The minimum absolute atomic E-state index is 0.0152. The Morgan fingerprint density at radius 2 is 1.78 bits per heavy atom. The molecule has 0 aliphatic heterocycles. The summed E-state index contributed by atoms with van der Waals surface area (Å²) in [5.41, 5.74) is -0.223. The molecule has 8 heteroatoms. The van der Waals surface area contributed by atoms with E-state index >= 15 is 0 Å². The molecule has 2 atom stereocenters. The van der Waals surface area contributed by atoms with Gasteiger partial charge in [0.15, 0.2) is 0 Å². The number of thioether (sulfide) groups is 1. The van der Waals surface area contributed by atoms with Gasteiger partial charge in [-0.2, -0.15) is 24.9 Å². The van der Waals surface area contributed by atoms with Crippen molar-refractivity contribution in [2.45, 2.75) is 32.1 Å². The van der Waals surface area contributed by atoms with Gasteiger partial charge in [-0.05, 0) is 29.4 Å². The van der Waals surface area contributed by atoms with Crippen molar-refractivity contribution in [3.05, 3.63) is 35.6 Å². The molecule has 0 fully saturated rings. The molecule has 130 valence electrons. The van der Waals surface area contributed by atoms with E-state index in [4.69, 9.17) is 5.11 Å². The Bertz CT molecular complexity index is 505. The van der Waals surface area contributed by atoms with E-state index in [2.05, 4.69) is 5.32 Å². The minimum Gasteiger partial charge on any atom is -0.480 e. The minimum atomic E-state index is -4.69. The van der Waals surface area contributed by atoms with Crippen LogP contribution in [0.4, 0.5) is 17.6 Å². The summed E-state index contributed by atoms with van der Waals surface area (Å²) in [7, 11) is 0. The van der Waals surface area contributed by atoms with Gasteiger partial charge < -0.3 is 5.11 Å². The summed E-state index contributed by atoms with van der Waals surface area (Å²) in [6.07, 6.45) is -4.69. The third-order valence-electron chi connectivity index (χ3n) is 2.93. The summed E-state index contributed by atoms with van der Waals surface area (Å²) in [4.78, 5) is 11.2. The molecule has 0 spiro atoms. The number of rotatable bonds is 8. The van der Waals surface area contributed by atoms with Crippen LogP contribution in [-0.2, 0) is 4.79 Å². The lowest BCUT2D eigenvalue weighted by Crippen LogP contribution is -2.46. The number of aliphatic carboxylic acids is 1. The molecule has 0 aliphatic rings. The van der Waals surface area contributed by atoms with E-state index < -0.39 is 30.0 Å². The third kappa shape index (κ3) is 6.78. The number of carbonyl (C=O) groups is 1. The van der Waals surface area contributed by atoms with Gasteiger partial charge in [-0.15, -0.1) is 0 Å². The predicted molar refractivity (Wildman–Crippen MR) is 81.9 cm³/mol. The number of carboxylic acids is 1. The number of carboxylic acid groups (broad SMARTS) is 1. The van der Waals surface area contributed by atoms with E-state index in [0.717, 1.165) is 24.3 Å². The molecule has 0 amide bonds. The van der Waals surface area contributed by atoms with Gasteiger partial charge in [0.25, 0.3) is 0 Å². The highest BCUT2D eigenvalue weighted by molar-refractivity contribution is 7.99. The quantitative estimate of drug-likeness (QED) is 0.697. The highest BCUT2D eigenvalue weighted by atomic mass is 32.2. The van der Waals surface area contributed by atoms with E-state index in [0.29, 0.717) is 11.7 Å². The van der Waals surface area contributed by atoms with Gasteiger partial charge in [-0.1, -0.05) is 26.0 Å². The Labute approximate surface area is 136 Å². The van der Waals surface area contributed by atoms with E-state index in [9.17, 15) is 22.4 Å². The van der Waals surface area contributed by atoms with Crippen molar-refractivity contribution in [2.24, 2.45) is 5.92 Å². The van der Waals surface area contributed by atoms with Gasteiger partial charge in [-0.3, -0.25) is 10.1 Å². The number of halogens is 4. The van der Waals surface area contributed by atoms with Crippen LogP contribution in [0.1, 0.15) is 25.5 Å². The first-order chi connectivity index (χ1) is 10.6. The zero-order valence-electron chi connectivity index (χ0n) is 12.7. The Morgan fingerprint density at radius 3 is 2.22 bits per heavy atom. The smallest absolute Gasteiger partial charge is 0.407 e. The Morgan fingerprint density at radius 1 is 1.22 bits per heavy atom. The van der Waals surface area contributed by atoms with E-state index in [1.54, 1.807) is 0 Å². The number of nitrogens with one attached hydrogen (secondary N) is 1.